The number of carbonyl (C=O) groups is 1. The molecule has 0 aliphatic carbocycles. The summed E-state index contributed by atoms with van der Waals surface area (Å²) >= 11 is 1.75. The molecule has 2 saturated heterocycles. The van der Waals surface area contributed by atoms with E-state index in [1.807, 2.05) is 0 Å². The SMILES string of the molecule is O=C(C1CCCCCN1)N1CCN(Cc2ccsc2)CC1. The molecule has 1 aromatic rings. The Bertz CT molecular complexity index is 432. The van der Waals surface area contributed by atoms with E-state index < -0.39 is 0 Å². The minimum atomic E-state index is 0.0657. The molecule has 1 aromatic heterocycles. The van der Waals surface area contributed by atoms with Crippen LogP contribution < -0.4 is 5.32 Å². The van der Waals surface area contributed by atoms with E-state index in [1.54, 1.807) is 11.3 Å². The monoisotopic (exact) mass is 307 g/mol. The van der Waals surface area contributed by atoms with E-state index in [0.29, 0.717) is 5.91 Å². The van der Waals surface area contributed by atoms with Gasteiger partial charge >= 0.3 is 0 Å². The Morgan fingerprint density at radius 2 is 2.10 bits per heavy atom. The van der Waals surface area contributed by atoms with Crippen molar-refractivity contribution in [1.29, 1.82) is 0 Å². The van der Waals surface area contributed by atoms with Gasteiger partial charge in [-0.15, -0.1) is 0 Å². The number of nitrogens with one attached hydrogen (secondary N) is 1. The van der Waals surface area contributed by atoms with E-state index in [2.05, 4.69) is 31.9 Å². The van der Waals surface area contributed by atoms with Gasteiger partial charge in [0, 0.05) is 32.7 Å². The molecule has 4 nitrogen and oxygen atoms in total. The number of hydrogen-bond donors (Lipinski definition) is 1. The predicted molar refractivity (Wildman–Crippen MR) is 86.4 cm³/mol. The fraction of sp³-hybridized carbons (Fsp3) is 0.688. The third-order valence-corrected chi connectivity index (χ3v) is 5.26. The van der Waals surface area contributed by atoms with Crippen LogP contribution in [0.5, 0.6) is 0 Å². The molecule has 1 atom stereocenters. The smallest absolute Gasteiger partial charge is 0.239 e. The van der Waals surface area contributed by atoms with Crippen molar-refractivity contribution < 1.29 is 4.79 Å². The molecule has 116 valence electrons. The highest BCUT2D eigenvalue weighted by Gasteiger charge is 2.27. The largest absolute Gasteiger partial charge is 0.339 e. The van der Waals surface area contributed by atoms with Crippen LogP contribution in [0.1, 0.15) is 31.2 Å². The van der Waals surface area contributed by atoms with E-state index in [4.69, 9.17) is 0 Å². The normalized spacial score (nSPS) is 24.8. The molecule has 0 saturated carbocycles. The molecule has 1 N–H and O–H groups in total. The Kier molecular flexibility index (Phi) is 5.27. The summed E-state index contributed by atoms with van der Waals surface area (Å²) in [4.78, 5) is 17.1. The maximum atomic E-state index is 12.6. The molecule has 3 rings (SSSR count). The van der Waals surface area contributed by atoms with Crippen LogP contribution in [0.15, 0.2) is 16.8 Å². The zero-order chi connectivity index (χ0) is 14.5. The van der Waals surface area contributed by atoms with Crippen LogP contribution in [0.2, 0.25) is 0 Å². The van der Waals surface area contributed by atoms with E-state index in [-0.39, 0.29) is 6.04 Å². The molecule has 0 aromatic carbocycles. The first-order valence-electron chi connectivity index (χ1n) is 8.08. The molecule has 3 heterocycles. The van der Waals surface area contributed by atoms with E-state index in [9.17, 15) is 4.79 Å². The molecule has 2 aliphatic heterocycles. The van der Waals surface area contributed by atoms with Gasteiger partial charge in [0.2, 0.25) is 5.91 Å². The molecule has 0 radical (unpaired) electrons. The Morgan fingerprint density at radius 1 is 1.24 bits per heavy atom. The quantitative estimate of drug-likeness (QED) is 0.927. The topological polar surface area (TPSA) is 35.6 Å². The zero-order valence-electron chi connectivity index (χ0n) is 12.6. The van der Waals surface area contributed by atoms with Crippen molar-refractivity contribution in [2.75, 3.05) is 32.7 Å². The third kappa shape index (κ3) is 4.05. The molecular weight excluding hydrogens is 282 g/mol. The lowest BCUT2D eigenvalue weighted by molar-refractivity contribution is -0.135. The first kappa shape index (κ1) is 15.0. The fourth-order valence-corrected chi connectivity index (χ4v) is 3.89. The second-order valence-electron chi connectivity index (χ2n) is 6.09. The first-order valence-corrected chi connectivity index (χ1v) is 9.03. The number of piperazine rings is 1. The van der Waals surface area contributed by atoms with Crippen LogP contribution in [0.4, 0.5) is 0 Å². The third-order valence-electron chi connectivity index (χ3n) is 4.53. The lowest BCUT2D eigenvalue weighted by Gasteiger charge is -2.36. The maximum Gasteiger partial charge on any atom is 0.239 e. The van der Waals surface area contributed by atoms with Gasteiger partial charge in [0.25, 0.3) is 0 Å². The van der Waals surface area contributed by atoms with E-state index in [1.165, 1.54) is 24.8 Å². The molecular formula is C16H25N3OS. The summed E-state index contributed by atoms with van der Waals surface area (Å²) in [5.41, 5.74) is 1.39. The van der Waals surface area contributed by atoms with Crippen LogP contribution in [0.25, 0.3) is 0 Å². The molecule has 0 bridgehead atoms. The van der Waals surface area contributed by atoms with Gasteiger partial charge < -0.3 is 10.2 Å². The van der Waals surface area contributed by atoms with Crippen molar-refractivity contribution >= 4 is 17.2 Å². The van der Waals surface area contributed by atoms with Gasteiger partial charge in [-0.25, -0.2) is 0 Å². The summed E-state index contributed by atoms with van der Waals surface area (Å²) in [5, 5.41) is 7.77. The minimum Gasteiger partial charge on any atom is -0.339 e. The predicted octanol–water partition coefficient (Wildman–Crippen LogP) is 1.92. The highest BCUT2D eigenvalue weighted by Crippen LogP contribution is 2.14. The van der Waals surface area contributed by atoms with E-state index in [0.717, 1.165) is 45.7 Å². The Labute approximate surface area is 131 Å². The number of nitrogens with zero attached hydrogens (tertiary/aromatic N) is 2. The van der Waals surface area contributed by atoms with Crippen LogP contribution in [-0.4, -0.2) is 54.5 Å². The summed E-state index contributed by atoms with van der Waals surface area (Å²) in [5.74, 6) is 0.326. The fourth-order valence-electron chi connectivity index (χ4n) is 3.23. The van der Waals surface area contributed by atoms with Crippen molar-refractivity contribution in [3.63, 3.8) is 0 Å². The van der Waals surface area contributed by atoms with Crippen molar-refractivity contribution in [2.24, 2.45) is 0 Å². The van der Waals surface area contributed by atoms with Crippen molar-refractivity contribution in [2.45, 2.75) is 38.3 Å². The molecule has 21 heavy (non-hydrogen) atoms. The summed E-state index contributed by atoms with van der Waals surface area (Å²) in [6, 6.07) is 2.26. The highest BCUT2D eigenvalue weighted by molar-refractivity contribution is 7.07. The van der Waals surface area contributed by atoms with Gasteiger partial charge in [-0.3, -0.25) is 9.69 Å². The average molecular weight is 307 g/mol. The number of hydrogen-bond acceptors (Lipinski definition) is 4. The Hall–Kier alpha value is -0.910. The summed E-state index contributed by atoms with van der Waals surface area (Å²) in [7, 11) is 0. The van der Waals surface area contributed by atoms with Gasteiger partial charge in [-0.2, -0.15) is 11.3 Å². The van der Waals surface area contributed by atoms with Crippen LogP contribution >= 0.6 is 11.3 Å². The molecule has 2 fully saturated rings. The van der Waals surface area contributed by atoms with Crippen molar-refractivity contribution in [3.8, 4) is 0 Å². The Balaban J connectivity index is 1.47. The molecule has 2 aliphatic rings. The van der Waals surface area contributed by atoms with Gasteiger partial charge in [0.05, 0.1) is 6.04 Å². The lowest BCUT2D eigenvalue weighted by Crippen LogP contribution is -2.53. The van der Waals surface area contributed by atoms with Gasteiger partial charge in [0.1, 0.15) is 0 Å². The van der Waals surface area contributed by atoms with Crippen LogP contribution in [0.3, 0.4) is 0 Å². The second kappa shape index (κ2) is 7.38. The molecule has 1 amide bonds. The summed E-state index contributed by atoms with van der Waals surface area (Å²) < 4.78 is 0. The maximum absolute atomic E-state index is 12.6. The van der Waals surface area contributed by atoms with Gasteiger partial charge in [-0.1, -0.05) is 12.8 Å². The first-order chi connectivity index (χ1) is 10.3. The number of thiophene rings is 1. The second-order valence-corrected chi connectivity index (χ2v) is 6.87. The molecule has 5 heteroatoms. The summed E-state index contributed by atoms with van der Waals surface area (Å²) in [6.07, 6.45) is 4.65. The lowest BCUT2D eigenvalue weighted by atomic mass is 10.1. The van der Waals surface area contributed by atoms with Crippen LogP contribution in [0, 0.1) is 0 Å². The average Bonchev–Trinajstić information content (AvgIpc) is 2.87. The number of carbonyl (C=O) groups excluding carboxylic acids is 1. The van der Waals surface area contributed by atoms with E-state index >= 15 is 0 Å². The Morgan fingerprint density at radius 3 is 2.86 bits per heavy atom. The number of rotatable bonds is 3. The van der Waals surface area contributed by atoms with Crippen molar-refractivity contribution in [3.05, 3.63) is 22.4 Å². The summed E-state index contributed by atoms with van der Waals surface area (Å²) in [6.45, 7) is 5.76. The molecule has 0 spiro atoms. The highest BCUT2D eigenvalue weighted by atomic mass is 32.1. The van der Waals surface area contributed by atoms with Gasteiger partial charge in [-0.05, 0) is 41.8 Å². The number of amides is 1. The zero-order valence-corrected chi connectivity index (χ0v) is 13.4. The van der Waals surface area contributed by atoms with Crippen molar-refractivity contribution in [1.82, 2.24) is 15.1 Å². The van der Waals surface area contributed by atoms with Crippen LogP contribution in [-0.2, 0) is 11.3 Å². The minimum absolute atomic E-state index is 0.0657. The van der Waals surface area contributed by atoms with Gasteiger partial charge in [0.15, 0.2) is 0 Å². The standard InChI is InChI=1S/C16H25N3OS/c20-16(15-4-2-1-3-6-17-15)19-9-7-18(8-10-19)12-14-5-11-21-13-14/h5,11,13,15,17H,1-4,6-10,12H2. The molecule has 1 unspecified atom stereocenters.